The number of anilines is 2. The van der Waals surface area contributed by atoms with Crippen LogP contribution in [0.25, 0.3) is 5.65 Å². The number of benzene rings is 1. The molecule has 4 rings (SSSR count). The lowest BCUT2D eigenvalue weighted by molar-refractivity contribution is -0.0330. The molecule has 0 spiro atoms. The molecule has 3 N–H and O–H groups in total. The van der Waals surface area contributed by atoms with Gasteiger partial charge in [-0.2, -0.15) is 13.2 Å². The number of rotatable bonds is 7. The van der Waals surface area contributed by atoms with Gasteiger partial charge in [-0.3, -0.25) is 9.20 Å². The summed E-state index contributed by atoms with van der Waals surface area (Å²) < 4.78 is 47.0. The Hall–Kier alpha value is -3.56. The molecule has 1 amide bonds. The first-order chi connectivity index (χ1) is 17.7. The summed E-state index contributed by atoms with van der Waals surface area (Å²) in [6.07, 6.45) is 2.50. The van der Waals surface area contributed by atoms with Gasteiger partial charge in [0.2, 0.25) is 0 Å². The van der Waals surface area contributed by atoms with Gasteiger partial charge < -0.3 is 25.6 Å². The number of hydrogen-bond donors (Lipinski definition) is 3. The smallest absolute Gasteiger partial charge is 0.447 e. The van der Waals surface area contributed by atoms with E-state index in [2.05, 4.69) is 37.7 Å². The van der Waals surface area contributed by atoms with E-state index in [0.29, 0.717) is 28.3 Å². The van der Waals surface area contributed by atoms with E-state index in [4.69, 9.17) is 4.74 Å². The van der Waals surface area contributed by atoms with Crippen LogP contribution in [0.5, 0.6) is 5.75 Å². The molecule has 0 unspecified atom stereocenters. The summed E-state index contributed by atoms with van der Waals surface area (Å²) in [5.74, 6) is 5.84. The fourth-order valence-electron chi connectivity index (χ4n) is 4.11. The number of likely N-dealkylation sites (tertiary alicyclic amines) is 1. The average molecular weight is 533 g/mol. The van der Waals surface area contributed by atoms with Crippen LogP contribution >= 0.6 is 11.8 Å². The standard InChI is InChI=1S/C25H27F3N6O2S/c1-29-23(35)16-8-9-18(21(14-16)36-3)30-11-4-6-20-24(37-25(26,27)28)34-12-5-7-19(22(34)32-20)31-17-10-13-33(2)15-17/h5,7-9,12,14,17,30-31H,10-11,13,15H2,1-3H3,(H,29,35)/t17-/m0/s1. The molecule has 0 saturated carbocycles. The highest BCUT2D eigenvalue weighted by Crippen LogP contribution is 2.39. The average Bonchev–Trinajstić information content (AvgIpc) is 3.43. The van der Waals surface area contributed by atoms with E-state index in [0.717, 1.165) is 19.5 Å². The molecule has 0 aliphatic carbocycles. The first-order valence-corrected chi connectivity index (χ1v) is 12.3. The van der Waals surface area contributed by atoms with Crippen molar-refractivity contribution in [2.24, 2.45) is 0 Å². The van der Waals surface area contributed by atoms with Crippen LogP contribution in [-0.2, 0) is 0 Å². The van der Waals surface area contributed by atoms with Crippen LogP contribution in [-0.4, -0.2) is 72.6 Å². The van der Waals surface area contributed by atoms with Crippen molar-refractivity contribution in [3.63, 3.8) is 0 Å². The number of imidazole rings is 1. The second kappa shape index (κ2) is 11.2. The third-order valence-electron chi connectivity index (χ3n) is 5.83. The van der Waals surface area contributed by atoms with Gasteiger partial charge in [0.05, 0.1) is 25.0 Å². The lowest BCUT2D eigenvalue weighted by Gasteiger charge is -2.15. The van der Waals surface area contributed by atoms with Crippen LogP contribution in [0.1, 0.15) is 22.5 Å². The normalized spacial score (nSPS) is 15.8. The van der Waals surface area contributed by atoms with Crippen molar-refractivity contribution in [2.45, 2.75) is 23.0 Å². The van der Waals surface area contributed by atoms with Gasteiger partial charge in [0, 0.05) is 43.2 Å². The lowest BCUT2D eigenvalue weighted by Crippen LogP contribution is -2.23. The van der Waals surface area contributed by atoms with E-state index in [1.165, 1.54) is 18.6 Å². The number of thioether (sulfide) groups is 1. The number of pyridine rings is 1. The number of fused-ring (bicyclic) bond motifs is 1. The van der Waals surface area contributed by atoms with Gasteiger partial charge in [-0.15, -0.1) is 0 Å². The third kappa shape index (κ3) is 6.42. The molecule has 0 bridgehead atoms. The van der Waals surface area contributed by atoms with Gasteiger partial charge in [0.15, 0.2) is 5.65 Å². The van der Waals surface area contributed by atoms with Crippen LogP contribution in [0.4, 0.5) is 24.5 Å². The Balaban J connectivity index is 1.58. The Labute approximate surface area is 217 Å². The summed E-state index contributed by atoms with van der Waals surface area (Å²) in [7, 11) is 5.05. The van der Waals surface area contributed by atoms with E-state index in [1.54, 1.807) is 30.5 Å². The van der Waals surface area contributed by atoms with Crippen LogP contribution in [0.3, 0.4) is 0 Å². The lowest BCUT2D eigenvalue weighted by atomic mass is 10.1. The monoisotopic (exact) mass is 532 g/mol. The quantitative estimate of drug-likeness (QED) is 0.315. The maximum atomic E-state index is 13.4. The zero-order valence-corrected chi connectivity index (χ0v) is 21.4. The Morgan fingerprint density at radius 1 is 1.30 bits per heavy atom. The van der Waals surface area contributed by atoms with E-state index in [1.807, 2.05) is 13.1 Å². The van der Waals surface area contributed by atoms with Gasteiger partial charge in [-0.25, -0.2) is 4.98 Å². The summed E-state index contributed by atoms with van der Waals surface area (Å²) in [6.45, 7) is 1.92. The van der Waals surface area contributed by atoms with Gasteiger partial charge in [-0.1, -0.05) is 5.92 Å². The summed E-state index contributed by atoms with van der Waals surface area (Å²) in [4.78, 5) is 18.5. The van der Waals surface area contributed by atoms with Gasteiger partial charge in [-0.05, 0) is 56.3 Å². The summed E-state index contributed by atoms with van der Waals surface area (Å²) in [6, 6.07) is 8.61. The minimum Gasteiger partial charge on any atom is -0.495 e. The molecule has 3 heterocycles. The number of carbonyl (C=O) groups excluding carboxylic acids is 1. The molecule has 12 heteroatoms. The first-order valence-electron chi connectivity index (χ1n) is 11.5. The predicted octanol–water partition coefficient (Wildman–Crippen LogP) is 3.89. The van der Waals surface area contributed by atoms with E-state index in [9.17, 15) is 18.0 Å². The van der Waals surface area contributed by atoms with Crippen molar-refractivity contribution in [1.82, 2.24) is 19.6 Å². The number of nitrogens with zero attached hydrogens (tertiary/aromatic N) is 3. The number of likely N-dealkylation sites (N-methyl/N-ethyl adjacent to an activating group) is 1. The maximum Gasteiger partial charge on any atom is 0.447 e. The summed E-state index contributed by atoms with van der Waals surface area (Å²) in [5.41, 5.74) is -2.36. The molecule has 3 aromatic rings. The van der Waals surface area contributed by atoms with Crippen LogP contribution in [0.2, 0.25) is 0 Å². The van der Waals surface area contributed by atoms with Crippen molar-refractivity contribution in [2.75, 3.05) is 51.5 Å². The number of ether oxygens (including phenoxy) is 1. The van der Waals surface area contributed by atoms with Crippen LogP contribution in [0, 0.1) is 11.8 Å². The Kier molecular flexibility index (Phi) is 8.04. The summed E-state index contributed by atoms with van der Waals surface area (Å²) in [5, 5.41) is 8.95. The molecular formula is C25H27F3N6O2S. The largest absolute Gasteiger partial charge is 0.495 e. The van der Waals surface area contributed by atoms with E-state index < -0.39 is 5.51 Å². The fourth-order valence-corrected chi connectivity index (χ4v) is 4.77. The first kappa shape index (κ1) is 26.5. The van der Waals surface area contributed by atoms with Crippen molar-refractivity contribution < 1.29 is 22.7 Å². The Morgan fingerprint density at radius 2 is 2.11 bits per heavy atom. The van der Waals surface area contributed by atoms with Crippen molar-refractivity contribution in [3.05, 3.63) is 47.8 Å². The van der Waals surface area contributed by atoms with Gasteiger partial charge in [0.1, 0.15) is 16.5 Å². The predicted molar refractivity (Wildman–Crippen MR) is 138 cm³/mol. The molecule has 1 saturated heterocycles. The molecule has 1 fully saturated rings. The highest BCUT2D eigenvalue weighted by atomic mass is 32.2. The molecule has 1 atom stereocenters. The van der Waals surface area contributed by atoms with Crippen molar-refractivity contribution in [1.29, 1.82) is 0 Å². The molecule has 1 aromatic carbocycles. The molecule has 1 aliphatic heterocycles. The van der Waals surface area contributed by atoms with E-state index in [-0.39, 0.29) is 41.0 Å². The zero-order valence-electron chi connectivity index (χ0n) is 20.6. The molecule has 37 heavy (non-hydrogen) atoms. The van der Waals surface area contributed by atoms with Crippen molar-refractivity contribution in [3.8, 4) is 17.6 Å². The number of hydrogen-bond acceptors (Lipinski definition) is 7. The van der Waals surface area contributed by atoms with Crippen molar-refractivity contribution >= 4 is 34.7 Å². The number of methoxy groups -OCH3 is 1. The third-order valence-corrected chi connectivity index (χ3v) is 6.65. The Morgan fingerprint density at radius 3 is 2.78 bits per heavy atom. The number of nitrogens with one attached hydrogen (secondary N) is 3. The molecule has 8 nitrogen and oxygen atoms in total. The molecular weight excluding hydrogens is 505 g/mol. The number of aromatic nitrogens is 2. The highest BCUT2D eigenvalue weighted by molar-refractivity contribution is 8.00. The summed E-state index contributed by atoms with van der Waals surface area (Å²) >= 11 is -0.234. The number of halogens is 3. The topological polar surface area (TPSA) is 82.9 Å². The number of alkyl halides is 3. The fraction of sp³-hybridized carbons (Fsp3) is 0.360. The minimum absolute atomic E-state index is 0.0452. The van der Waals surface area contributed by atoms with E-state index >= 15 is 0 Å². The maximum absolute atomic E-state index is 13.4. The molecule has 1 aliphatic rings. The Bertz CT molecular complexity index is 1350. The highest BCUT2D eigenvalue weighted by Gasteiger charge is 2.33. The number of carbonyl (C=O) groups is 1. The number of amides is 1. The van der Waals surface area contributed by atoms with Gasteiger partial charge in [0.25, 0.3) is 5.91 Å². The molecule has 0 radical (unpaired) electrons. The SMILES string of the molecule is CNC(=O)c1ccc(NCC#Cc2nc3c(N[C@H]4CCN(C)C4)cccn3c2SC(F)(F)F)c(OC)c1. The minimum atomic E-state index is -4.50. The van der Waals surface area contributed by atoms with Crippen LogP contribution in [0.15, 0.2) is 41.6 Å². The second-order valence-corrected chi connectivity index (χ2v) is 9.52. The molecule has 196 valence electrons. The second-order valence-electron chi connectivity index (χ2n) is 8.47. The zero-order chi connectivity index (χ0) is 26.6. The van der Waals surface area contributed by atoms with Gasteiger partial charge >= 0.3 is 5.51 Å². The van der Waals surface area contributed by atoms with Crippen LogP contribution < -0.4 is 20.7 Å². The molecule has 2 aromatic heterocycles.